The van der Waals surface area contributed by atoms with Crippen LogP contribution in [0.1, 0.15) is 21.5 Å². The SMILES string of the molecule is N#Cc1cccc(CNC(=O)c2ccc(Br)c(O)c2)c1. The second kappa shape index (κ2) is 6.22. The molecule has 0 bridgehead atoms. The number of nitrogens with one attached hydrogen (secondary N) is 1. The molecule has 0 unspecified atom stereocenters. The van der Waals surface area contributed by atoms with Gasteiger partial charge in [-0.3, -0.25) is 4.79 Å². The molecule has 100 valence electrons. The molecule has 0 aliphatic rings. The summed E-state index contributed by atoms with van der Waals surface area (Å²) < 4.78 is 0.538. The minimum Gasteiger partial charge on any atom is -0.507 e. The van der Waals surface area contributed by atoms with Crippen LogP contribution >= 0.6 is 15.9 Å². The van der Waals surface area contributed by atoms with Crippen molar-refractivity contribution in [3.63, 3.8) is 0 Å². The van der Waals surface area contributed by atoms with E-state index in [4.69, 9.17) is 5.26 Å². The number of carbonyl (C=O) groups is 1. The largest absolute Gasteiger partial charge is 0.507 e. The molecule has 1 amide bonds. The number of hydrogen-bond acceptors (Lipinski definition) is 3. The van der Waals surface area contributed by atoms with Crippen molar-refractivity contribution >= 4 is 21.8 Å². The van der Waals surface area contributed by atoms with Crippen molar-refractivity contribution in [2.45, 2.75) is 6.54 Å². The van der Waals surface area contributed by atoms with Crippen LogP contribution in [0.3, 0.4) is 0 Å². The summed E-state index contributed by atoms with van der Waals surface area (Å²) in [5.74, 6) is -0.265. The first-order valence-electron chi connectivity index (χ1n) is 5.86. The lowest BCUT2D eigenvalue weighted by molar-refractivity contribution is 0.0950. The lowest BCUT2D eigenvalue weighted by atomic mass is 10.1. The van der Waals surface area contributed by atoms with Gasteiger partial charge >= 0.3 is 0 Å². The third kappa shape index (κ3) is 3.37. The molecule has 0 saturated heterocycles. The highest BCUT2D eigenvalue weighted by Crippen LogP contribution is 2.24. The molecule has 0 saturated carbocycles. The summed E-state index contributed by atoms with van der Waals surface area (Å²) in [6.45, 7) is 0.325. The van der Waals surface area contributed by atoms with Crippen molar-refractivity contribution in [2.24, 2.45) is 0 Å². The van der Waals surface area contributed by atoms with Crippen LogP contribution in [0.15, 0.2) is 46.9 Å². The normalized spacial score (nSPS) is 9.80. The Morgan fingerprint density at radius 2 is 2.10 bits per heavy atom. The Kier molecular flexibility index (Phi) is 4.38. The Labute approximate surface area is 124 Å². The second-order valence-corrected chi connectivity index (χ2v) is 5.02. The predicted octanol–water partition coefficient (Wildman–Crippen LogP) is 2.96. The molecule has 0 aromatic heterocycles. The molecular weight excluding hydrogens is 320 g/mol. The topological polar surface area (TPSA) is 73.1 Å². The first-order chi connectivity index (χ1) is 9.60. The number of benzene rings is 2. The first kappa shape index (κ1) is 14.1. The molecule has 5 heteroatoms. The van der Waals surface area contributed by atoms with E-state index in [1.165, 1.54) is 6.07 Å². The predicted molar refractivity (Wildman–Crippen MR) is 78.1 cm³/mol. The smallest absolute Gasteiger partial charge is 0.251 e. The quantitative estimate of drug-likeness (QED) is 0.908. The molecule has 2 N–H and O–H groups in total. The number of nitriles is 1. The van der Waals surface area contributed by atoms with Crippen LogP contribution in [0.2, 0.25) is 0 Å². The molecule has 0 spiro atoms. The van der Waals surface area contributed by atoms with Crippen molar-refractivity contribution in [1.29, 1.82) is 5.26 Å². The van der Waals surface area contributed by atoms with Gasteiger partial charge in [0, 0.05) is 12.1 Å². The van der Waals surface area contributed by atoms with Crippen LogP contribution in [-0.4, -0.2) is 11.0 Å². The maximum Gasteiger partial charge on any atom is 0.251 e. The fraction of sp³-hybridized carbons (Fsp3) is 0.0667. The van der Waals surface area contributed by atoms with E-state index in [0.717, 1.165) is 5.56 Å². The maximum atomic E-state index is 11.9. The molecule has 0 atom stereocenters. The van der Waals surface area contributed by atoms with Gasteiger partial charge in [0.15, 0.2) is 0 Å². The zero-order chi connectivity index (χ0) is 14.5. The summed E-state index contributed by atoms with van der Waals surface area (Å²) >= 11 is 3.16. The average Bonchev–Trinajstić information content (AvgIpc) is 2.47. The van der Waals surface area contributed by atoms with Crippen LogP contribution < -0.4 is 5.32 Å². The minimum absolute atomic E-state index is 0.0177. The third-order valence-electron chi connectivity index (χ3n) is 2.72. The molecule has 4 nitrogen and oxygen atoms in total. The van der Waals surface area contributed by atoms with E-state index in [2.05, 4.69) is 21.2 Å². The van der Waals surface area contributed by atoms with Crippen molar-refractivity contribution in [2.75, 3.05) is 0 Å². The minimum atomic E-state index is -0.282. The van der Waals surface area contributed by atoms with Gasteiger partial charge in [0.05, 0.1) is 16.1 Å². The number of amides is 1. The summed E-state index contributed by atoms with van der Waals surface area (Å²) in [5.41, 5.74) is 1.78. The Hall–Kier alpha value is -2.32. The summed E-state index contributed by atoms with van der Waals surface area (Å²) in [6, 6.07) is 13.7. The highest BCUT2D eigenvalue weighted by Gasteiger charge is 2.08. The standard InChI is InChI=1S/C15H11BrN2O2/c16-13-5-4-12(7-14(13)19)15(20)18-9-11-3-1-2-10(6-11)8-17/h1-7,19H,9H2,(H,18,20). The Bertz CT molecular complexity index is 693. The van der Waals surface area contributed by atoms with Gasteiger partial charge < -0.3 is 10.4 Å². The number of aromatic hydroxyl groups is 1. The number of phenolic OH excluding ortho intramolecular Hbond substituents is 1. The van der Waals surface area contributed by atoms with Crippen LogP contribution in [0.25, 0.3) is 0 Å². The fourth-order valence-electron chi connectivity index (χ4n) is 1.69. The number of rotatable bonds is 3. The highest BCUT2D eigenvalue weighted by molar-refractivity contribution is 9.10. The van der Waals surface area contributed by atoms with E-state index in [9.17, 15) is 9.90 Å². The van der Waals surface area contributed by atoms with Crippen LogP contribution in [-0.2, 0) is 6.54 Å². The molecule has 0 heterocycles. The zero-order valence-electron chi connectivity index (χ0n) is 10.4. The molecule has 2 rings (SSSR count). The van der Waals surface area contributed by atoms with Gasteiger partial charge in [0.1, 0.15) is 5.75 Å². The molecule has 20 heavy (non-hydrogen) atoms. The molecule has 2 aromatic carbocycles. The van der Waals surface area contributed by atoms with Gasteiger partial charge in [-0.1, -0.05) is 12.1 Å². The number of halogens is 1. The third-order valence-corrected chi connectivity index (χ3v) is 3.39. The van der Waals surface area contributed by atoms with Crippen LogP contribution in [0.5, 0.6) is 5.75 Å². The van der Waals surface area contributed by atoms with Crippen LogP contribution in [0.4, 0.5) is 0 Å². The van der Waals surface area contributed by atoms with Crippen molar-refractivity contribution in [3.8, 4) is 11.8 Å². The maximum absolute atomic E-state index is 11.9. The van der Waals surface area contributed by atoms with E-state index in [1.807, 2.05) is 12.1 Å². The van der Waals surface area contributed by atoms with Gasteiger partial charge in [-0.05, 0) is 51.8 Å². The number of hydrogen-bond donors (Lipinski definition) is 2. The van der Waals surface area contributed by atoms with Gasteiger partial charge in [-0.2, -0.15) is 5.26 Å². The number of nitrogens with zero attached hydrogens (tertiary/aromatic N) is 1. The summed E-state index contributed by atoms with van der Waals surface area (Å²) in [4.78, 5) is 11.9. The van der Waals surface area contributed by atoms with Crippen LogP contribution in [0, 0.1) is 11.3 Å². The Morgan fingerprint density at radius 1 is 1.30 bits per heavy atom. The van der Waals surface area contributed by atoms with Gasteiger partial charge in [-0.15, -0.1) is 0 Å². The van der Waals surface area contributed by atoms with Crippen molar-refractivity contribution < 1.29 is 9.90 Å². The van der Waals surface area contributed by atoms with E-state index in [-0.39, 0.29) is 11.7 Å². The molecule has 0 aliphatic carbocycles. The van der Waals surface area contributed by atoms with E-state index in [1.54, 1.807) is 30.3 Å². The lowest BCUT2D eigenvalue weighted by Crippen LogP contribution is -2.22. The monoisotopic (exact) mass is 330 g/mol. The highest BCUT2D eigenvalue weighted by atomic mass is 79.9. The van der Waals surface area contributed by atoms with Crippen molar-refractivity contribution in [3.05, 3.63) is 63.6 Å². The second-order valence-electron chi connectivity index (χ2n) is 4.16. The molecule has 2 aromatic rings. The van der Waals surface area contributed by atoms with Gasteiger partial charge in [0.2, 0.25) is 0 Å². The molecule has 0 radical (unpaired) electrons. The zero-order valence-corrected chi connectivity index (χ0v) is 12.0. The lowest BCUT2D eigenvalue weighted by Gasteiger charge is -2.06. The fourth-order valence-corrected chi connectivity index (χ4v) is 1.94. The molecule has 0 fully saturated rings. The summed E-state index contributed by atoms with van der Waals surface area (Å²) in [5, 5.41) is 21.1. The Balaban J connectivity index is 2.05. The summed E-state index contributed by atoms with van der Waals surface area (Å²) in [7, 11) is 0. The molecular formula is C15H11BrN2O2. The van der Waals surface area contributed by atoms with Crippen molar-refractivity contribution in [1.82, 2.24) is 5.32 Å². The summed E-state index contributed by atoms with van der Waals surface area (Å²) in [6.07, 6.45) is 0. The molecule has 0 aliphatic heterocycles. The first-order valence-corrected chi connectivity index (χ1v) is 6.65. The van der Waals surface area contributed by atoms with Gasteiger partial charge in [-0.25, -0.2) is 0 Å². The van der Waals surface area contributed by atoms with E-state index in [0.29, 0.717) is 22.1 Å². The van der Waals surface area contributed by atoms with E-state index >= 15 is 0 Å². The number of carbonyl (C=O) groups excluding carboxylic acids is 1. The Morgan fingerprint density at radius 3 is 2.80 bits per heavy atom. The van der Waals surface area contributed by atoms with E-state index < -0.39 is 0 Å². The van der Waals surface area contributed by atoms with Gasteiger partial charge in [0.25, 0.3) is 5.91 Å². The number of phenols is 1. The average molecular weight is 331 g/mol.